The number of aromatic nitrogens is 2. The van der Waals surface area contributed by atoms with Gasteiger partial charge in [-0.05, 0) is 233 Å². The number of hydrogen-bond acceptors (Lipinski definition) is 31. The number of likely N-dealkylation sites (tertiary alicyclic amines) is 4. The van der Waals surface area contributed by atoms with Crippen LogP contribution in [0.5, 0.6) is 0 Å². The summed E-state index contributed by atoms with van der Waals surface area (Å²) in [5.74, 6) is -2.10. The van der Waals surface area contributed by atoms with Gasteiger partial charge in [0.1, 0.15) is 67.2 Å². The number of esters is 3. The predicted octanol–water partition coefficient (Wildman–Crippen LogP) is 15.5. The second-order valence-corrected chi connectivity index (χ2v) is 43.0. The molecule has 138 heavy (non-hydrogen) atoms. The molecule has 0 radical (unpaired) electrons. The lowest BCUT2D eigenvalue weighted by atomic mass is 9.82. The number of aliphatic carboxylic acids is 1. The fourth-order valence-electron chi connectivity index (χ4n) is 14.6. The van der Waals surface area contributed by atoms with E-state index in [2.05, 4.69) is 74.7 Å². The van der Waals surface area contributed by atoms with Crippen molar-refractivity contribution in [2.75, 3.05) is 97.9 Å². The Labute approximate surface area is 834 Å². The van der Waals surface area contributed by atoms with E-state index >= 15 is 0 Å². The molecule has 37 nitrogen and oxygen atoms in total. The Morgan fingerprint density at radius 3 is 1.14 bits per heavy atom. The van der Waals surface area contributed by atoms with Crippen LogP contribution in [0.1, 0.15) is 229 Å². The minimum atomic E-state index is -3.64. The van der Waals surface area contributed by atoms with Crippen molar-refractivity contribution in [3.8, 4) is 0 Å². The number of carbonyl (C=O) groups excluding carboxylic acids is 9. The van der Waals surface area contributed by atoms with E-state index < -0.39 is 150 Å². The van der Waals surface area contributed by atoms with Crippen molar-refractivity contribution in [2.24, 2.45) is 21.7 Å². The highest BCUT2D eigenvalue weighted by atomic mass is 79.9. The molecule has 5 amide bonds. The number of carboxylic acids is 1. The van der Waals surface area contributed by atoms with Gasteiger partial charge in [-0.15, -0.1) is 32.9 Å². The van der Waals surface area contributed by atoms with E-state index in [9.17, 15) is 66.6 Å². The summed E-state index contributed by atoms with van der Waals surface area (Å²) in [4.78, 5) is 139. The lowest BCUT2D eigenvalue weighted by Crippen LogP contribution is -2.48. The molecular weight excluding hydrogens is 1940 g/mol. The van der Waals surface area contributed by atoms with Crippen LogP contribution in [0.2, 0.25) is 0 Å². The molecule has 13 atom stereocenters. The first kappa shape index (κ1) is 127. The van der Waals surface area contributed by atoms with E-state index in [4.69, 9.17) is 77.0 Å². The van der Waals surface area contributed by atoms with Crippen LogP contribution >= 0.6 is 31.9 Å². The predicted molar refractivity (Wildman–Crippen MR) is 529 cm³/mol. The lowest BCUT2D eigenvalue weighted by Gasteiger charge is -2.34. The van der Waals surface area contributed by atoms with E-state index in [1.807, 2.05) is 86.6 Å². The monoisotopic (exact) mass is 2100 g/mol. The van der Waals surface area contributed by atoms with Gasteiger partial charge in [-0.25, -0.2) is 53.1 Å². The van der Waals surface area contributed by atoms with E-state index in [0.29, 0.717) is 93.8 Å². The summed E-state index contributed by atoms with van der Waals surface area (Å²) >= 11 is 6.62. The Kier molecular flexibility index (Phi) is 52.7. The number of halogens is 2. The number of nitrogen functional groups attached to an aromatic ring is 1. The molecule has 784 valence electrons. The van der Waals surface area contributed by atoms with Gasteiger partial charge in [0.2, 0.25) is 0 Å². The van der Waals surface area contributed by atoms with E-state index in [1.54, 1.807) is 147 Å². The fraction of sp³-hybridized carbons (Fsp3) is 0.673. The minimum absolute atomic E-state index is 0.0759. The van der Waals surface area contributed by atoms with Crippen molar-refractivity contribution < 1.29 is 138 Å². The summed E-state index contributed by atoms with van der Waals surface area (Å²) in [6, 6.07) is 2.22. The molecule has 0 saturated carbocycles. The second kappa shape index (κ2) is 57.2. The zero-order valence-electron chi connectivity index (χ0n) is 86.2. The molecule has 7 heterocycles. The van der Waals surface area contributed by atoms with Gasteiger partial charge < -0.3 is 83.0 Å². The molecular formula is C98H158Br2N8O29S. The highest BCUT2D eigenvalue weighted by molar-refractivity contribution is 9.10. The summed E-state index contributed by atoms with van der Waals surface area (Å²) in [6.07, 6.45) is 9.39. The van der Waals surface area contributed by atoms with Crippen molar-refractivity contribution in [3.63, 3.8) is 0 Å². The van der Waals surface area contributed by atoms with Crippen molar-refractivity contribution in [1.29, 1.82) is 0 Å². The number of aliphatic hydroxyl groups excluding tert-OH is 3. The van der Waals surface area contributed by atoms with Crippen molar-refractivity contribution in [3.05, 3.63) is 125 Å². The van der Waals surface area contributed by atoms with Crippen LogP contribution in [-0.2, 0) is 115 Å². The highest BCUT2D eigenvalue weighted by Gasteiger charge is 2.58. The van der Waals surface area contributed by atoms with Gasteiger partial charge in [-0.3, -0.25) is 33.5 Å². The number of anilines is 1. The summed E-state index contributed by atoms with van der Waals surface area (Å²) in [7, 11) is -3.64. The number of carbonyl (C=O) groups is 10. The molecule has 0 aromatic carbocycles. The highest BCUT2D eigenvalue weighted by Crippen LogP contribution is 2.47. The topological polar surface area (TPSA) is 474 Å². The van der Waals surface area contributed by atoms with Crippen molar-refractivity contribution in [1.82, 2.24) is 34.5 Å². The standard InChI is InChI=1S/C26H37BrN2O5.C16H29NO7S.C16H27NO5.C15H27NO5.C13H21NO5.C9H11BrN2O.C3H6O/c1-8-12-32-16-19-10-11-23(27)28-20(19)14-22(30)21-15-26(7,17-33-13-9-2)18(3)29(21)24(31)34-25(4,5)6;1-8-22-13(18)12-9-16(6,10-23-25(7,20)21)11(2)17(12)14(19)24-15(3,4)5;1-7-8-21-10-16(6)9-12(13(18)19)17(11(16)2)14(20)22-15(3,4)5;1-7-20-12(18)11-8-15(6,9-17)10(2)16(11)13(19)21-14(3,4)5;1-5-18-11(16)10-6-9(8-15)7-14(10)12(17)19-13(2,3)4;1-2-5-13-6-7-3-4-8(10)12-9(7)11;1-2-3-4/h8-11,18,21H,1-2,12-17H2,3-7H3;11-12H,8-10H2,1-7H3;7,11-12H,1,8-10H2,2-6H3,(H,18,19);10-11,17H,7-9H2,1-6H3;7,10,15H,5-6,8H2,1-4H3;2-4H,1,5-6H2,(H2,11,12);2,4H,1,3H2/t18-,21+,26-;2*11-,12+,16-;10-,11+,15-;10-;;/m11110../s1. The average molecular weight is 2100 g/mol. The third-order valence-corrected chi connectivity index (χ3v) is 23.6. The van der Waals surface area contributed by atoms with Gasteiger partial charge in [0, 0.05) is 64.0 Å². The quantitative estimate of drug-likeness (QED) is 0.0113. The first-order valence-electron chi connectivity index (χ1n) is 45.7. The molecule has 4 saturated heterocycles. The molecule has 6 N–H and O–H groups in total. The molecule has 2 aromatic rings. The van der Waals surface area contributed by atoms with Gasteiger partial charge >= 0.3 is 54.3 Å². The summed E-state index contributed by atoms with van der Waals surface area (Å²) < 4.78 is 93.2. The molecule has 0 bridgehead atoms. The second-order valence-electron chi connectivity index (χ2n) is 39.8. The van der Waals surface area contributed by atoms with Crippen LogP contribution in [0.3, 0.4) is 0 Å². The largest absolute Gasteiger partial charge is 0.480 e. The number of nitrogens with two attached hydrogens (primary N) is 1. The summed E-state index contributed by atoms with van der Waals surface area (Å²) in [5, 5.41) is 36.0. The molecule has 0 aliphatic carbocycles. The number of aliphatic hydroxyl groups is 3. The summed E-state index contributed by atoms with van der Waals surface area (Å²) in [5.41, 5.74) is 3.09. The summed E-state index contributed by atoms with van der Waals surface area (Å²) in [6.45, 7) is 67.8. The fourth-order valence-corrected chi connectivity index (χ4v) is 15.8. The van der Waals surface area contributed by atoms with Gasteiger partial charge in [-0.2, -0.15) is 8.42 Å². The number of pyridine rings is 2. The Bertz CT molecular complexity index is 4510. The molecule has 5 aliphatic heterocycles. The molecule has 0 spiro atoms. The zero-order valence-corrected chi connectivity index (χ0v) is 90.2. The Hall–Kier alpha value is -8.97. The van der Waals surface area contributed by atoms with Crippen molar-refractivity contribution >= 4 is 108 Å². The maximum absolute atomic E-state index is 13.6. The van der Waals surface area contributed by atoms with Crippen LogP contribution in [0, 0.1) is 21.7 Å². The Morgan fingerprint density at radius 2 is 0.790 bits per heavy atom. The van der Waals surface area contributed by atoms with Crippen LogP contribution in [0.15, 0.2) is 109 Å². The molecule has 7 rings (SSSR count). The Balaban J connectivity index is 0.000000837. The molecule has 40 heteroatoms. The minimum Gasteiger partial charge on any atom is -0.480 e. The first-order chi connectivity index (χ1) is 63.6. The number of ketones is 1. The van der Waals surface area contributed by atoms with E-state index in [0.717, 1.165) is 22.0 Å². The maximum Gasteiger partial charge on any atom is 0.415 e. The molecule has 0 unspecified atom stereocenters. The number of Topliss-reactive ketones (excluding diaryl/α,β-unsaturated/α-hetero) is 1. The van der Waals surface area contributed by atoms with Gasteiger partial charge in [-0.1, -0.05) is 70.2 Å². The number of carboxylic acid groups (broad SMARTS) is 1. The number of amides is 5. The third-order valence-electron chi connectivity index (χ3n) is 22.1. The smallest absolute Gasteiger partial charge is 0.415 e. The number of rotatable bonds is 32. The van der Waals surface area contributed by atoms with Crippen molar-refractivity contribution in [2.45, 2.75) is 314 Å². The van der Waals surface area contributed by atoms with Gasteiger partial charge in [0.05, 0.1) is 124 Å². The van der Waals surface area contributed by atoms with Crippen LogP contribution in [0.25, 0.3) is 0 Å². The lowest BCUT2D eigenvalue weighted by molar-refractivity contribution is -0.149. The molecule has 5 aliphatic rings. The number of nitrogens with zero attached hydrogens (tertiary/aromatic N) is 7. The van der Waals surface area contributed by atoms with Gasteiger partial charge in [0.15, 0.2) is 5.78 Å². The van der Waals surface area contributed by atoms with Crippen LogP contribution in [0.4, 0.5) is 29.8 Å². The Morgan fingerprint density at radius 1 is 0.471 bits per heavy atom. The average Bonchev–Trinajstić information content (AvgIpc) is 1.63. The van der Waals surface area contributed by atoms with Gasteiger partial charge in [0.25, 0.3) is 10.1 Å². The molecule has 2 aromatic heterocycles. The number of hydrogen-bond donors (Lipinski definition) is 5. The van der Waals surface area contributed by atoms with Crippen LogP contribution in [-0.4, -0.2) is 298 Å². The third kappa shape index (κ3) is 42.4. The normalized spacial score (nSPS) is 23.2. The van der Waals surface area contributed by atoms with E-state index in [1.165, 1.54) is 31.9 Å². The first-order valence-corrected chi connectivity index (χ1v) is 49.1. The number of ether oxygens (including phenoxy) is 12. The van der Waals surface area contributed by atoms with E-state index in [-0.39, 0.29) is 89.4 Å². The van der Waals surface area contributed by atoms with Crippen LogP contribution < -0.4 is 5.73 Å². The SMILES string of the molecule is C=CCO.C=CCOC[C@@]1(C)C[C@@H](C(=O)O)N(C(=O)OC(C)(C)C)[C@@H]1C.C=CCOCc1ccc(Br)nc1CC(=O)[C@@H]1C[C@](C)(COCC=C)[C@@H](C)N1C(=O)OC(C)(C)C.C=CCOCc1ccc(Br)nc1N.CCOC(=O)[C@@H]1CC(CO)=CN1C(=O)OC(C)(C)C.CCOC(=O)[C@@H]1C[C@](C)(CO)[C@@H](C)N1C(=O)OC(C)(C)C.CCOC(=O)[C@@H]1C[C@](C)(COS(C)(=O)=O)[C@@H](C)N1C(=O)OC(C)(C)C. The molecule has 4 fully saturated rings. The zero-order chi connectivity index (χ0) is 106. The maximum atomic E-state index is 13.6.